The monoisotopic (exact) mass is 368 g/mol. The molecule has 1 saturated heterocycles. The van der Waals surface area contributed by atoms with Crippen LogP contribution in [-0.2, 0) is 14.4 Å². The van der Waals surface area contributed by atoms with Gasteiger partial charge in [-0.15, -0.1) is 0 Å². The summed E-state index contributed by atoms with van der Waals surface area (Å²) in [6, 6.07) is 5.60. The van der Waals surface area contributed by atoms with Gasteiger partial charge >= 0.3 is 5.97 Å². The Morgan fingerprint density at radius 2 is 2.05 bits per heavy atom. The molecule has 1 aromatic rings. The fraction of sp³-hybridized carbons (Fsp3) is 0.400. The summed E-state index contributed by atoms with van der Waals surface area (Å²) < 4.78 is 0.826. The molecule has 0 bridgehead atoms. The first-order valence-corrected chi connectivity index (χ1v) is 7.78. The Kier molecular flexibility index (Phi) is 5.18. The van der Waals surface area contributed by atoms with Crippen LogP contribution in [0.25, 0.3) is 0 Å². The molecule has 0 aliphatic carbocycles. The van der Waals surface area contributed by atoms with E-state index in [4.69, 9.17) is 0 Å². The van der Waals surface area contributed by atoms with Crippen LogP contribution in [0.2, 0.25) is 0 Å². The van der Waals surface area contributed by atoms with Gasteiger partial charge in [0.1, 0.15) is 0 Å². The van der Waals surface area contributed by atoms with E-state index in [9.17, 15) is 19.5 Å². The number of halogens is 1. The molecule has 1 aromatic carbocycles. The quantitative estimate of drug-likeness (QED) is 0.825. The molecular formula is C15H17BrN2O4. The van der Waals surface area contributed by atoms with Crippen molar-refractivity contribution >= 4 is 33.7 Å². The molecular weight excluding hydrogens is 352 g/mol. The molecule has 2 unspecified atom stereocenters. The van der Waals surface area contributed by atoms with Crippen LogP contribution in [0.15, 0.2) is 28.7 Å². The molecule has 1 fully saturated rings. The molecule has 22 heavy (non-hydrogen) atoms. The highest BCUT2D eigenvalue weighted by atomic mass is 79.9. The van der Waals surface area contributed by atoms with Gasteiger partial charge in [0.05, 0.1) is 5.92 Å². The van der Waals surface area contributed by atoms with Gasteiger partial charge in [-0.1, -0.05) is 28.1 Å². The van der Waals surface area contributed by atoms with Crippen LogP contribution < -0.4 is 5.32 Å². The van der Waals surface area contributed by atoms with Crippen LogP contribution in [-0.4, -0.2) is 40.9 Å². The van der Waals surface area contributed by atoms with Gasteiger partial charge in [0.2, 0.25) is 11.8 Å². The predicted octanol–water partition coefficient (Wildman–Crippen LogP) is 1.56. The molecule has 1 aliphatic rings. The summed E-state index contributed by atoms with van der Waals surface area (Å²) in [5.41, 5.74) is 0.487. The van der Waals surface area contributed by atoms with Gasteiger partial charge in [-0.25, -0.2) is 4.79 Å². The van der Waals surface area contributed by atoms with Crippen LogP contribution in [0.5, 0.6) is 0 Å². The van der Waals surface area contributed by atoms with E-state index in [1.54, 1.807) is 29.2 Å². The predicted molar refractivity (Wildman–Crippen MR) is 83.0 cm³/mol. The van der Waals surface area contributed by atoms with Gasteiger partial charge in [0.15, 0.2) is 6.04 Å². The zero-order valence-electron chi connectivity index (χ0n) is 12.1. The maximum Gasteiger partial charge on any atom is 0.330 e. The molecule has 0 spiro atoms. The number of hydrogen-bond acceptors (Lipinski definition) is 3. The summed E-state index contributed by atoms with van der Waals surface area (Å²) >= 11 is 3.28. The molecule has 0 radical (unpaired) electrons. The Morgan fingerprint density at radius 1 is 1.41 bits per heavy atom. The van der Waals surface area contributed by atoms with E-state index in [2.05, 4.69) is 21.2 Å². The summed E-state index contributed by atoms with van der Waals surface area (Å²) in [7, 11) is 0. The number of aliphatic carboxylic acids is 1. The molecule has 1 heterocycles. The van der Waals surface area contributed by atoms with Crippen molar-refractivity contribution in [3.8, 4) is 0 Å². The number of carboxylic acids is 1. The third-order valence-electron chi connectivity index (χ3n) is 3.70. The van der Waals surface area contributed by atoms with Gasteiger partial charge in [-0.05, 0) is 24.6 Å². The maximum atomic E-state index is 12.2. The van der Waals surface area contributed by atoms with Gasteiger partial charge in [-0.2, -0.15) is 0 Å². The van der Waals surface area contributed by atoms with E-state index in [0.29, 0.717) is 18.7 Å². The van der Waals surface area contributed by atoms with Crippen molar-refractivity contribution in [2.75, 3.05) is 13.1 Å². The molecule has 118 valence electrons. The highest BCUT2D eigenvalue weighted by Crippen LogP contribution is 2.21. The minimum atomic E-state index is -1.13. The second kappa shape index (κ2) is 6.91. The zero-order valence-corrected chi connectivity index (χ0v) is 13.7. The summed E-state index contributed by atoms with van der Waals surface area (Å²) in [5.74, 6) is -2.10. The van der Waals surface area contributed by atoms with Crippen LogP contribution in [0.3, 0.4) is 0 Å². The third kappa shape index (κ3) is 3.65. The molecule has 6 nitrogen and oxygen atoms in total. The first-order valence-electron chi connectivity index (χ1n) is 6.98. The molecule has 7 heteroatoms. The van der Waals surface area contributed by atoms with Crippen molar-refractivity contribution in [1.29, 1.82) is 0 Å². The lowest BCUT2D eigenvalue weighted by Gasteiger charge is -2.18. The van der Waals surface area contributed by atoms with E-state index < -0.39 is 23.8 Å². The molecule has 0 saturated carbocycles. The normalized spacial score (nSPS) is 19.1. The first kappa shape index (κ1) is 16.5. The van der Waals surface area contributed by atoms with Gasteiger partial charge in [0, 0.05) is 24.0 Å². The minimum Gasteiger partial charge on any atom is -0.479 e. The minimum absolute atomic E-state index is 0.0711. The number of nitrogens with zero attached hydrogens (tertiary/aromatic N) is 1. The van der Waals surface area contributed by atoms with E-state index >= 15 is 0 Å². The lowest BCUT2D eigenvalue weighted by molar-refractivity contribution is -0.142. The fourth-order valence-electron chi connectivity index (χ4n) is 2.46. The highest BCUT2D eigenvalue weighted by molar-refractivity contribution is 9.10. The van der Waals surface area contributed by atoms with E-state index in [0.717, 1.165) is 4.47 Å². The number of rotatable bonds is 5. The number of likely N-dealkylation sites (tertiary alicyclic amines) is 1. The molecule has 2 rings (SSSR count). The number of carbonyl (C=O) groups is 3. The average molecular weight is 369 g/mol. The van der Waals surface area contributed by atoms with Crippen LogP contribution in [0.4, 0.5) is 0 Å². The first-order chi connectivity index (χ1) is 10.4. The van der Waals surface area contributed by atoms with Crippen molar-refractivity contribution < 1.29 is 19.5 Å². The van der Waals surface area contributed by atoms with E-state index in [1.807, 2.05) is 6.92 Å². The Balaban J connectivity index is 2.08. The van der Waals surface area contributed by atoms with Crippen molar-refractivity contribution in [3.63, 3.8) is 0 Å². The summed E-state index contributed by atoms with van der Waals surface area (Å²) in [6.07, 6.45) is 0.131. The second-order valence-electron chi connectivity index (χ2n) is 5.16. The van der Waals surface area contributed by atoms with Crippen LogP contribution >= 0.6 is 15.9 Å². The van der Waals surface area contributed by atoms with Crippen molar-refractivity contribution in [3.05, 3.63) is 34.3 Å². The van der Waals surface area contributed by atoms with Crippen LogP contribution in [0.1, 0.15) is 24.9 Å². The number of carbonyl (C=O) groups excluding carboxylic acids is 2. The van der Waals surface area contributed by atoms with Gasteiger partial charge in [-0.3, -0.25) is 9.59 Å². The SMILES string of the molecule is CCN1CC(C(=O)NC(C(=O)O)c2ccc(Br)cc2)CC1=O. The Bertz CT molecular complexity index is 588. The van der Waals surface area contributed by atoms with E-state index in [1.165, 1.54) is 0 Å². The van der Waals surface area contributed by atoms with Crippen molar-refractivity contribution in [2.24, 2.45) is 5.92 Å². The lowest BCUT2D eigenvalue weighted by atomic mass is 10.0. The molecule has 1 aliphatic heterocycles. The topological polar surface area (TPSA) is 86.7 Å². The number of carboxylic acid groups (broad SMARTS) is 1. The van der Waals surface area contributed by atoms with E-state index in [-0.39, 0.29) is 12.3 Å². The molecule has 2 amide bonds. The maximum absolute atomic E-state index is 12.2. The number of nitrogens with one attached hydrogen (secondary N) is 1. The summed E-state index contributed by atoms with van der Waals surface area (Å²) in [6.45, 7) is 2.74. The van der Waals surface area contributed by atoms with Crippen LogP contribution in [0, 0.1) is 5.92 Å². The molecule has 2 atom stereocenters. The highest BCUT2D eigenvalue weighted by Gasteiger charge is 2.35. The standard InChI is InChI=1S/C15H17BrN2O4/c1-2-18-8-10(7-12(18)19)14(20)17-13(15(21)22)9-3-5-11(16)6-4-9/h3-6,10,13H,2,7-8H2,1H3,(H,17,20)(H,21,22). The Morgan fingerprint density at radius 3 is 2.55 bits per heavy atom. The zero-order chi connectivity index (χ0) is 16.3. The molecule has 2 N–H and O–H groups in total. The third-order valence-corrected chi connectivity index (χ3v) is 4.23. The van der Waals surface area contributed by atoms with Gasteiger partial charge in [0.25, 0.3) is 0 Å². The van der Waals surface area contributed by atoms with Gasteiger partial charge < -0.3 is 15.3 Å². The number of hydrogen-bond donors (Lipinski definition) is 2. The summed E-state index contributed by atoms with van der Waals surface area (Å²) in [4.78, 5) is 36.9. The second-order valence-corrected chi connectivity index (χ2v) is 6.08. The lowest BCUT2D eigenvalue weighted by Crippen LogP contribution is -2.38. The van der Waals surface area contributed by atoms with Crippen molar-refractivity contribution in [2.45, 2.75) is 19.4 Å². The number of benzene rings is 1. The average Bonchev–Trinajstić information content (AvgIpc) is 2.86. The smallest absolute Gasteiger partial charge is 0.330 e. The molecule has 0 aromatic heterocycles. The Hall–Kier alpha value is -1.89. The number of amides is 2. The summed E-state index contributed by atoms with van der Waals surface area (Å²) in [5, 5.41) is 11.9. The largest absolute Gasteiger partial charge is 0.479 e. The Labute approximate surface area is 136 Å². The van der Waals surface area contributed by atoms with Crippen molar-refractivity contribution in [1.82, 2.24) is 10.2 Å². The fourth-order valence-corrected chi connectivity index (χ4v) is 2.72.